The summed E-state index contributed by atoms with van der Waals surface area (Å²) in [6.45, 7) is 7.78. The Labute approximate surface area is 86.8 Å². The summed E-state index contributed by atoms with van der Waals surface area (Å²) in [6, 6.07) is 0. The Bertz CT molecular complexity index is 151. The van der Waals surface area contributed by atoms with Gasteiger partial charge in [0.25, 0.3) is 0 Å². The Morgan fingerprint density at radius 1 is 1.21 bits per heavy atom. The summed E-state index contributed by atoms with van der Waals surface area (Å²) >= 11 is 0. The maximum atomic E-state index is 5.42. The van der Waals surface area contributed by atoms with Gasteiger partial charge in [0.1, 0.15) is 0 Å². The van der Waals surface area contributed by atoms with Gasteiger partial charge in [-0.2, -0.15) is 0 Å². The fourth-order valence-electron chi connectivity index (χ4n) is 1.89. The molecule has 0 aromatic rings. The molecule has 0 spiro atoms. The van der Waals surface area contributed by atoms with Gasteiger partial charge in [-0.25, -0.2) is 0 Å². The quantitative estimate of drug-likeness (QED) is 0.658. The van der Waals surface area contributed by atoms with Crippen molar-refractivity contribution in [1.29, 1.82) is 0 Å². The normalized spacial score (nSPS) is 24.9. The molecular formula is C11H22N2O. The van der Waals surface area contributed by atoms with Gasteiger partial charge in [-0.05, 0) is 31.7 Å². The molecule has 0 atom stereocenters. The highest BCUT2D eigenvalue weighted by Crippen LogP contribution is 2.27. The van der Waals surface area contributed by atoms with Crippen LogP contribution in [0.3, 0.4) is 0 Å². The zero-order chi connectivity index (χ0) is 9.64. The highest BCUT2D eigenvalue weighted by molar-refractivity contribution is 4.75. The van der Waals surface area contributed by atoms with Crippen molar-refractivity contribution >= 4 is 0 Å². The summed E-state index contributed by atoms with van der Waals surface area (Å²) < 4.78 is 5.42. The minimum absolute atomic E-state index is 0.919. The molecule has 3 nitrogen and oxygen atoms in total. The predicted molar refractivity (Wildman–Crippen MR) is 57.5 cm³/mol. The monoisotopic (exact) mass is 198 g/mol. The van der Waals surface area contributed by atoms with Gasteiger partial charge in [0, 0.05) is 32.8 Å². The molecule has 1 saturated heterocycles. The Morgan fingerprint density at radius 3 is 3.00 bits per heavy atom. The molecule has 1 N–H and O–H groups in total. The summed E-state index contributed by atoms with van der Waals surface area (Å²) in [4.78, 5) is 2.51. The Hall–Kier alpha value is -0.120. The molecule has 1 aliphatic heterocycles. The number of hydrogen-bond donors (Lipinski definition) is 1. The lowest BCUT2D eigenvalue weighted by atomic mass is 10.4. The van der Waals surface area contributed by atoms with Crippen LogP contribution in [-0.4, -0.2) is 50.8 Å². The minimum atomic E-state index is 0.919. The summed E-state index contributed by atoms with van der Waals surface area (Å²) in [6.07, 6.45) is 4.09. The predicted octanol–water partition coefficient (Wildman–Crippen LogP) is 0.708. The van der Waals surface area contributed by atoms with E-state index in [2.05, 4.69) is 10.2 Å². The van der Waals surface area contributed by atoms with Crippen LogP contribution in [0.5, 0.6) is 0 Å². The van der Waals surface area contributed by atoms with Crippen LogP contribution >= 0.6 is 0 Å². The fraction of sp³-hybridized carbons (Fsp3) is 1.00. The molecule has 2 fully saturated rings. The maximum absolute atomic E-state index is 5.42. The van der Waals surface area contributed by atoms with Crippen LogP contribution in [0.4, 0.5) is 0 Å². The van der Waals surface area contributed by atoms with Crippen LogP contribution in [0.1, 0.15) is 19.3 Å². The van der Waals surface area contributed by atoms with Crippen LogP contribution in [0, 0.1) is 5.92 Å². The van der Waals surface area contributed by atoms with Crippen molar-refractivity contribution < 1.29 is 4.74 Å². The van der Waals surface area contributed by atoms with E-state index in [1.165, 1.54) is 38.9 Å². The SMILES string of the molecule is C1COCCN(CCNCC2CC2)C1. The van der Waals surface area contributed by atoms with Crippen molar-refractivity contribution in [1.82, 2.24) is 10.2 Å². The number of ether oxygens (including phenoxy) is 1. The number of nitrogens with one attached hydrogen (secondary N) is 1. The lowest BCUT2D eigenvalue weighted by Gasteiger charge is -2.18. The van der Waals surface area contributed by atoms with Gasteiger partial charge >= 0.3 is 0 Å². The molecule has 2 rings (SSSR count). The largest absolute Gasteiger partial charge is 0.380 e. The lowest BCUT2D eigenvalue weighted by molar-refractivity contribution is 0.141. The average molecular weight is 198 g/mol. The number of rotatable bonds is 5. The topological polar surface area (TPSA) is 24.5 Å². The van der Waals surface area contributed by atoms with Crippen molar-refractivity contribution in [2.24, 2.45) is 5.92 Å². The molecule has 0 radical (unpaired) electrons. The summed E-state index contributed by atoms with van der Waals surface area (Å²) in [5, 5.41) is 3.53. The van der Waals surface area contributed by atoms with E-state index < -0.39 is 0 Å². The molecule has 1 heterocycles. The van der Waals surface area contributed by atoms with Crippen LogP contribution in [0.25, 0.3) is 0 Å². The fourth-order valence-corrected chi connectivity index (χ4v) is 1.89. The first-order chi connectivity index (χ1) is 6.95. The van der Waals surface area contributed by atoms with Gasteiger partial charge in [-0.15, -0.1) is 0 Å². The van der Waals surface area contributed by atoms with Gasteiger partial charge in [0.15, 0.2) is 0 Å². The van der Waals surface area contributed by atoms with Crippen molar-refractivity contribution in [3.63, 3.8) is 0 Å². The second kappa shape index (κ2) is 5.69. The Morgan fingerprint density at radius 2 is 2.14 bits per heavy atom. The van der Waals surface area contributed by atoms with Gasteiger partial charge < -0.3 is 10.1 Å². The van der Waals surface area contributed by atoms with E-state index in [9.17, 15) is 0 Å². The van der Waals surface area contributed by atoms with Crippen LogP contribution in [-0.2, 0) is 4.74 Å². The third-order valence-corrected chi connectivity index (χ3v) is 3.05. The standard InChI is InChI=1S/C11H22N2O/c1-5-13(7-9-14-8-1)6-4-12-10-11-2-3-11/h11-12H,1-10H2. The second-order valence-electron chi connectivity index (χ2n) is 4.46. The first-order valence-corrected chi connectivity index (χ1v) is 5.96. The molecule has 2 aliphatic rings. The molecule has 3 heteroatoms. The first-order valence-electron chi connectivity index (χ1n) is 5.96. The number of nitrogens with zero attached hydrogens (tertiary/aromatic N) is 1. The van der Waals surface area contributed by atoms with E-state index in [0.717, 1.165) is 32.2 Å². The van der Waals surface area contributed by atoms with E-state index in [1.54, 1.807) is 0 Å². The molecule has 1 aliphatic carbocycles. The molecular weight excluding hydrogens is 176 g/mol. The smallest absolute Gasteiger partial charge is 0.0593 e. The second-order valence-corrected chi connectivity index (χ2v) is 4.46. The molecule has 1 saturated carbocycles. The van der Waals surface area contributed by atoms with E-state index in [1.807, 2.05) is 0 Å². The summed E-state index contributed by atoms with van der Waals surface area (Å²) in [7, 11) is 0. The van der Waals surface area contributed by atoms with Crippen molar-refractivity contribution in [2.45, 2.75) is 19.3 Å². The van der Waals surface area contributed by atoms with Crippen molar-refractivity contribution in [3.8, 4) is 0 Å². The molecule has 14 heavy (non-hydrogen) atoms. The van der Waals surface area contributed by atoms with E-state index in [4.69, 9.17) is 4.74 Å². The van der Waals surface area contributed by atoms with Crippen LogP contribution in [0.15, 0.2) is 0 Å². The van der Waals surface area contributed by atoms with Gasteiger partial charge in [-0.1, -0.05) is 0 Å². The van der Waals surface area contributed by atoms with E-state index in [0.29, 0.717) is 0 Å². The molecule has 0 aromatic carbocycles. The van der Waals surface area contributed by atoms with Crippen molar-refractivity contribution in [3.05, 3.63) is 0 Å². The summed E-state index contributed by atoms with van der Waals surface area (Å²) in [5.41, 5.74) is 0. The van der Waals surface area contributed by atoms with E-state index in [-0.39, 0.29) is 0 Å². The third kappa shape index (κ3) is 3.95. The van der Waals surface area contributed by atoms with E-state index >= 15 is 0 Å². The lowest BCUT2D eigenvalue weighted by Crippen LogP contribution is -2.34. The maximum Gasteiger partial charge on any atom is 0.0593 e. The third-order valence-electron chi connectivity index (χ3n) is 3.05. The molecule has 0 aromatic heterocycles. The molecule has 82 valence electrons. The number of hydrogen-bond acceptors (Lipinski definition) is 3. The van der Waals surface area contributed by atoms with Gasteiger partial charge in [-0.3, -0.25) is 4.90 Å². The Balaban J connectivity index is 1.49. The average Bonchev–Trinajstić information content (AvgIpc) is 3.01. The van der Waals surface area contributed by atoms with Crippen LogP contribution in [0.2, 0.25) is 0 Å². The van der Waals surface area contributed by atoms with Gasteiger partial charge in [0.2, 0.25) is 0 Å². The first kappa shape index (κ1) is 10.4. The van der Waals surface area contributed by atoms with Gasteiger partial charge in [0.05, 0.1) is 6.61 Å². The summed E-state index contributed by atoms with van der Waals surface area (Å²) in [5.74, 6) is 1.00. The zero-order valence-corrected chi connectivity index (χ0v) is 9.00. The van der Waals surface area contributed by atoms with Crippen LogP contribution < -0.4 is 5.32 Å². The highest BCUT2D eigenvalue weighted by Gasteiger charge is 2.20. The molecule has 0 bridgehead atoms. The molecule has 0 amide bonds. The van der Waals surface area contributed by atoms with Crippen molar-refractivity contribution in [2.75, 3.05) is 45.9 Å². The minimum Gasteiger partial charge on any atom is -0.380 e. The molecule has 0 unspecified atom stereocenters. The zero-order valence-electron chi connectivity index (χ0n) is 9.00. The Kier molecular flexibility index (Phi) is 4.22. The highest BCUT2D eigenvalue weighted by atomic mass is 16.5.